The van der Waals surface area contributed by atoms with Gasteiger partial charge >= 0.3 is 0 Å². The van der Waals surface area contributed by atoms with Crippen LogP contribution in [0.3, 0.4) is 0 Å². The highest BCUT2D eigenvalue weighted by Crippen LogP contribution is 2.65. The summed E-state index contributed by atoms with van der Waals surface area (Å²) in [5.41, 5.74) is 4.07. The van der Waals surface area contributed by atoms with Gasteiger partial charge in [-0.25, -0.2) is 0 Å². The Labute approximate surface area is 179 Å². The highest BCUT2D eigenvalue weighted by Gasteiger charge is 2.56. The van der Waals surface area contributed by atoms with Gasteiger partial charge in [0.05, 0.1) is 6.10 Å². The lowest BCUT2D eigenvalue weighted by Gasteiger charge is -2.55. The van der Waals surface area contributed by atoms with Crippen LogP contribution in [0.15, 0.2) is 35.5 Å². The number of rotatable bonds is 4. The summed E-state index contributed by atoms with van der Waals surface area (Å²) in [6, 6.07) is 0. The molecule has 0 bridgehead atoms. The van der Waals surface area contributed by atoms with E-state index in [0.29, 0.717) is 22.7 Å². The van der Waals surface area contributed by atoms with E-state index in [9.17, 15) is 5.11 Å². The van der Waals surface area contributed by atoms with Crippen LogP contribution < -0.4 is 0 Å². The van der Waals surface area contributed by atoms with Gasteiger partial charge in [-0.05, 0) is 91.3 Å². The van der Waals surface area contributed by atoms with Crippen LogP contribution in [0.5, 0.6) is 0 Å². The fourth-order valence-corrected chi connectivity index (χ4v) is 7.59. The highest BCUT2D eigenvalue weighted by atomic mass is 16.3. The predicted octanol–water partition coefficient (Wildman–Crippen LogP) is 7.33. The lowest BCUT2D eigenvalue weighted by atomic mass is 9.50. The highest BCUT2D eigenvalue weighted by molar-refractivity contribution is 5.39. The molecule has 0 saturated heterocycles. The van der Waals surface area contributed by atoms with Crippen LogP contribution >= 0.6 is 0 Å². The zero-order chi connectivity index (χ0) is 21.0. The van der Waals surface area contributed by atoms with Crippen LogP contribution in [0.4, 0.5) is 0 Å². The molecule has 0 aromatic rings. The van der Waals surface area contributed by atoms with E-state index in [0.717, 1.165) is 36.5 Å². The summed E-state index contributed by atoms with van der Waals surface area (Å²) in [7, 11) is 0. The van der Waals surface area contributed by atoms with Crippen molar-refractivity contribution in [3.05, 3.63) is 35.5 Å². The van der Waals surface area contributed by atoms with Crippen LogP contribution in [0.25, 0.3) is 0 Å². The van der Waals surface area contributed by atoms with Gasteiger partial charge in [0, 0.05) is 0 Å². The molecule has 8 atom stereocenters. The smallest absolute Gasteiger partial charge is 0.0578 e. The lowest BCUT2D eigenvalue weighted by Crippen LogP contribution is -2.46. The second kappa shape index (κ2) is 7.70. The molecule has 0 amide bonds. The summed E-state index contributed by atoms with van der Waals surface area (Å²) in [5.74, 6) is 4.38. The normalized spacial score (nSPS) is 44.0. The molecule has 1 heteroatoms. The third kappa shape index (κ3) is 3.50. The molecule has 4 aliphatic rings. The quantitative estimate of drug-likeness (QED) is 0.493. The molecule has 0 aliphatic heterocycles. The molecule has 3 saturated carbocycles. The fraction of sp³-hybridized carbons (Fsp3) is 0.786. The molecule has 29 heavy (non-hydrogen) atoms. The van der Waals surface area contributed by atoms with Gasteiger partial charge in [0.25, 0.3) is 0 Å². The van der Waals surface area contributed by atoms with Gasteiger partial charge in [-0.2, -0.15) is 0 Å². The van der Waals surface area contributed by atoms with Crippen molar-refractivity contribution in [1.82, 2.24) is 0 Å². The average Bonchev–Trinajstić information content (AvgIpc) is 3.03. The van der Waals surface area contributed by atoms with Crippen molar-refractivity contribution in [2.24, 2.45) is 46.3 Å². The molecule has 0 radical (unpaired) electrons. The van der Waals surface area contributed by atoms with Crippen molar-refractivity contribution in [3.63, 3.8) is 0 Å². The molecule has 4 aliphatic carbocycles. The molecule has 3 fully saturated rings. The first-order valence-corrected chi connectivity index (χ1v) is 12.4. The second-order valence-electron chi connectivity index (χ2n) is 11.9. The van der Waals surface area contributed by atoms with Crippen LogP contribution in [-0.2, 0) is 0 Å². The summed E-state index contributed by atoms with van der Waals surface area (Å²) in [4.78, 5) is 0. The van der Waals surface area contributed by atoms with Crippen LogP contribution in [-0.4, -0.2) is 11.2 Å². The zero-order valence-electron chi connectivity index (χ0n) is 19.7. The van der Waals surface area contributed by atoms with E-state index in [2.05, 4.69) is 65.8 Å². The Balaban J connectivity index is 1.57. The van der Waals surface area contributed by atoms with Crippen molar-refractivity contribution in [3.8, 4) is 0 Å². The molecule has 4 rings (SSSR count). The van der Waals surface area contributed by atoms with Crippen molar-refractivity contribution in [2.45, 2.75) is 92.6 Å². The van der Waals surface area contributed by atoms with E-state index < -0.39 is 0 Å². The number of aliphatic hydroxyl groups is 1. The topological polar surface area (TPSA) is 20.2 Å². The number of fused-ring (bicyclic) bond motifs is 5. The lowest BCUT2D eigenvalue weighted by molar-refractivity contribution is 0.0382. The Morgan fingerprint density at radius 1 is 0.931 bits per heavy atom. The van der Waals surface area contributed by atoms with Gasteiger partial charge in [0.1, 0.15) is 0 Å². The van der Waals surface area contributed by atoms with Gasteiger partial charge in [0.15, 0.2) is 0 Å². The van der Waals surface area contributed by atoms with Gasteiger partial charge < -0.3 is 5.11 Å². The SMILES string of the molecule is CC(C)C(C)/C=C/C(C)[C@H]1CCC2C3=CC=C4C[C@@H](O)CC[C@]4(C)[C@H]3CC[C@@]21C. The minimum atomic E-state index is -0.116. The minimum Gasteiger partial charge on any atom is -0.393 e. The summed E-state index contributed by atoms with van der Waals surface area (Å²) in [6.07, 6.45) is 18.4. The van der Waals surface area contributed by atoms with Gasteiger partial charge in [0.2, 0.25) is 0 Å². The molecular weight excluding hydrogens is 352 g/mol. The minimum absolute atomic E-state index is 0.116. The van der Waals surface area contributed by atoms with Crippen molar-refractivity contribution in [2.75, 3.05) is 0 Å². The van der Waals surface area contributed by atoms with E-state index in [1.54, 1.807) is 5.57 Å². The molecule has 0 aromatic heterocycles. The van der Waals surface area contributed by atoms with Gasteiger partial charge in [-0.3, -0.25) is 0 Å². The largest absolute Gasteiger partial charge is 0.393 e. The number of allylic oxidation sites excluding steroid dienone is 5. The first-order chi connectivity index (χ1) is 13.7. The maximum atomic E-state index is 10.2. The molecular formula is C28H44O. The summed E-state index contributed by atoms with van der Waals surface area (Å²) in [6.45, 7) is 14.6. The maximum Gasteiger partial charge on any atom is 0.0578 e. The fourth-order valence-electron chi connectivity index (χ4n) is 7.59. The third-order valence-corrected chi connectivity index (χ3v) is 10.0. The number of hydrogen-bond acceptors (Lipinski definition) is 1. The molecule has 3 unspecified atom stereocenters. The van der Waals surface area contributed by atoms with Gasteiger partial charge in [-0.1, -0.05) is 77.0 Å². The Kier molecular flexibility index (Phi) is 5.69. The van der Waals surface area contributed by atoms with Gasteiger partial charge in [-0.15, -0.1) is 0 Å². The monoisotopic (exact) mass is 396 g/mol. The van der Waals surface area contributed by atoms with E-state index in [4.69, 9.17) is 0 Å². The Bertz CT molecular complexity index is 712. The molecule has 162 valence electrons. The predicted molar refractivity (Wildman–Crippen MR) is 123 cm³/mol. The van der Waals surface area contributed by atoms with Crippen molar-refractivity contribution in [1.29, 1.82) is 0 Å². The Hall–Kier alpha value is -0.820. The standard InChI is InChI=1S/C28H44O/c1-18(2)19(3)7-8-20(4)24-11-12-25-23-10-9-21-17-22(29)13-15-27(21,5)26(23)14-16-28(24,25)6/h7-10,18-20,22,24-26,29H,11-17H2,1-6H3/b8-7+/t19?,20?,22-,24+,25?,26-,27-,28+/m0/s1. The van der Waals surface area contributed by atoms with Crippen LogP contribution in [0, 0.1) is 46.3 Å². The number of aliphatic hydroxyl groups excluding tert-OH is 1. The first-order valence-electron chi connectivity index (χ1n) is 12.4. The maximum absolute atomic E-state index is 10.2. The first kappa shape index (κ1) is 21.4. The van der Waals surface area contributed by atoms with Crippen molar-refractivity contribution < 1.29 is 5.11 Å². The zero-order valence-corrected chi connectivity index (χ0v) is 19.7. The second-order valence-corrected chi connectivity index (χ2v) is 11.9. The number of hydrogen-bond donors (Lipinski definition) is 1. The summed E-state index contributed by atoms with van der Waals surface area (Å²) in [5, 5.41) is 10.2. The van der Waals surface area contributed by atoms with E-state index >= 15 is 0 Å². The Morgan fingerprint density at radius 3 is 2.41 bits per heavy atom. The van der Waals surface area contributed by atoms with E-state index in [-0.39, 0.29) is 6.10 Å². The summed E-state index contributed by atoms with van der Waals surface area (Å²) >= 11 is 0. The third-order valence-electron chi connectivity index (χ3n) is 10.0. The van der Waals surface area contributed by atoms with Crippen LogP contribution in [0.1, 0.15) is 86.5 Å². The molecule has 0 spiro atoms. The molecule has 1 N–H and O–H groups in total. The average molecular weight is 397 g/mol. The molecule has 0 heterocycles. The molecule has 0 aromatic carbocycles. The van der Waals surface area contributed by atoms with E-state index in [1.165, 1.54) is 37.7 Å². The molecule has 1 nitrogen and oxygen atoms in total. The summed E-state index contributed by atoms with van der Waals surface area (Å²) < 4.78 is 0. The van der Waals surface area contributed by atoms with Crippen molar-refractivity contribution >= 4 is 0 Å². The van der Waals surface area contributed by atoms with E-state index in [1.807, 2.05) is 0 Å². The Morgan fingerprint density at radius 2 is 1.69 bits per heavy atom. The van der Waals surface area contributed by atoms with Crippen LogP contribution in [0.2, 0.25) is 0 Å².